The van der Waals surface area contributed by atoms with Crippen molar-refractivity contribution in [1.82, 2.24) is 9.97 Å². The van der Waals surface area contributed by atoms with Gasteiger partial charge in [0, 0.05) is 17.7 Å². The molecule has 0 bridgehead atoms. The van der Waals surface area contributed by atoms with Gasteiger partial charge in [0.05, 0.1) is 0 Å². The molecule has 1 heterocycles. The normalized spacial score (nSPS) is 10.8. The van der Waals surface area contributed by atoms with Crippen LogP contribution in [0.25, 0.3) is 0 Å². The van der Waals surface area contributed by atoms with E-state index in [2.05, 4.69) is 15.3 Å². The molecule has 0 unspecified atom stereocenters. The molecular formula is C14H17FN4. The number of nitrogens with zero attached hydrogens (tertiary/aromatic N) is 2. The second-order valence-corrected chi connectivity index (χ2v) is 4.78. The molecule has 0 fully saturated rings. The average molecular weight is 260 g/mol. The molecule has 0 saturated heterocycles. The van der Waals surface area contributed by atoms with Gasteiger partial charge in [-0.1, -0.05) is 13.8 Å². The van der Waals surface area contributed by atoms with Gasteiger partial charge in [0.15, 0.2) is 0 Å². The summed E-state index contributed by atoms with van der Waals surface area (Å²) >= 11 is 0. The van der Waals surface area contributed by atoms with Crippen LogP contribution in [0, 0.1) is 12.7 Å². The molecule has 1 aromatic heterocycles. The number of anilines is 3. The van der Waals surface area contributed by atoms with Crippen LogP contribution in [-0.2, 0) is 0 Å². The first-order valence-electron chi connectivity index (χ1n) is 6.13. The van der Waals surface area contributed by atoms with Gasteiger partial charge in [-0.25, -0.2) is 14.4 Å². The van der Waals surface area contributed by atoms with Crippen LogP contribution >= 0.6 is 0 Å². The number of aromatic nitrogens is 2. The van der Waals surface area contributed by atoms with Gasteiger partial charge in [0.2, 0.25) is 0 Å². The van der Waals surface area contributed by atoms with Crippen molar-refractivity contribution in [3.63, 3.8) is 0 Å². The smallest absolute Gasteiger partial charge is 0.136 e. The summed E-state index contributed by atoms with van der Waals surface area (Å²) in [6.45, 7) is 5.84. The Labute approximate surface area is 111 Å². The highest BCUT2D eigenvalue weighted by molar-refractivity contribution is 5.61. The van der Waals surface area contributed by atoms with E-state index in [1.54, 1.807) is 12.1 Å². The summed E-state index contributed by atoms with van der Waals surface area (Å²) in [6, 6.07) is 6.21. The summed E-state index contributed by atoms with van der Waals surface area (Å²) in [7, 11) is 0. The lowest BCUT2D eigenvalue weighted by Gasteiger charge is -2.11. The van der Waals surface area contributed by atoms with Gasteiger partial charge in [-0.15, -0.1) is 0 Å². The molecule has 0 aliphatic rings. The van der Waals surface area contributed by atoms with Crippen molar-refractivity contribution in [2.75, 3.05) is 11.1 Å². The van der Waals surface area contributed by atoms with E-state index in [0.29, 0.717) is 17.5 Å². The summed E-state index contributed by atoms with van der Waals surface area (Å²) in [4.78, 5) is 8.57. The first kappa shape index (κ1) is 13.3. The van der Waals surface area contributed by atoms with Crippen molar-refractivity contribution >= 4 is 17.3 Å². The van der Waals surface area contributed by atoms with E-state index in [0.717, 1.165) is 11.3 Å². The van der Waals surface area contributed by atoms with Crippen LogP contribution in [0.15, 0.2) is 24.3 Å². The minimum absolute atomic E-state index is 0.193. The number of rotatable bonds is 3. The molecule has 4 nitrogen and oxygen atoms in total. The lowest BCUT2D eigenvalue weighted by molar-refractivity contribution is 0.627. The molecule has 0 aliphatic carbocycles. The predicted octanol–water partition coefficient (Wildman–Crippen LogP) is 3.37. The number of benzene rings is 1. The third-order valence-electron chi connectivity index (χ3n) is 2.73. The van der Waals surface area contributed by atoms with Crippen LogP contribution in [0.3, 0.4) is 0 Å². The molecule has 0 spiro atoms. The van der Waals surface area contributed by atoms with Crippen LogP contribution in [0.1, 0.15) is 31.2 Å². The van der Waals surface area contributed by atoms with Gasteiger partial charge < -0.3 is 11.1 Å². The van der Waals surface area contributed by atoms with E-state index in [-0.39, 0.29) is 11.7 Å². The molecule has 3 N–H and O–H groups in total. The largest absolute Gasteiger partial charge is 0.384 e. The van der Waals surface area contributed by atoms with Gasteiger partial charge in [-0.2, -0.15) is 0 Å². The van der Waals surface area contributed by atoms with Gasteiger partial charge in [-0.3, -0.25) is 0 Å². The predicted molar refractivity (Wildman–Crippen MR) is 75.0 cm³/mol. The quantitative estimate of drug-likeness (QED) is 0.888. The van der Waals surface area contributed by atoms with Gasteiger partial charge in [-0.05, 0) is 30.7 Å². The number of halogens is 1. The number of hydrogen-bond acceptors (Lipinski definition) is 4. The van der Waals surface area contributed by atoms with Gasteiger partial charge in [0.1, 0.15) is 23.3 Å². The Morgan fingerprint density at radius 2 is 1.95 bits per heavy atom. The molecule has 0 amide bonds. The summed E-state index contributed by atoms with van der Waals surface area (Å²) < 4.78 is 13.0. The first-order valence-corrected chi connectivity index (χ1v) is 6.13. The Morgan fingerprint density at radius 1 is 1.21 bits per heavy atom. The molecule has 0 saturated carbocycles. The maximum Gasteiger partial charge on any atom is 0.136 e. The van der Waals surface area contributed by atoms with E-state index < -0.39 is 0 Å². The summed E-state index contributed by atoms with van der Waals surface area (Å²) in [6.07, 6.45) is 0. The van der Waals surface area contributed by atoms with E-state index in [1.807, 2.05) is 20.8 Å². The van der Waals surface area contributed by atoms with Crippen LogP contribution in [0.4, 0.5) is 21.7 Å². The number of hydrogen-bond donors (Lipinski definition) is 2. The molecule has 0 atom stereocenters. The number of aryl methyl sites for hydroxylation is 1. The van der Waals surface area contributed by atoms with Crippen LogP contribution in [0.2, 0.25) is 0 Å². The molecule has 19 heavy (non-hydrogen) atoms. The minimum atomic E-state index is -0.256. The Morgan fingerprint density at radius 3 is 2.58 bits per heavy atom. The van der Waals surface area contributed by atoms with Gasteiger partial charge in [0.25, 0.3) is 0 Å². The Bertz CT molecular complexity index is 596. The maximum atomic E-state index is 13.0. The second kappa shape index (κ2) is 5.22. The third kappa shape index (κ3) is 3.19. The van der Waals surface area contributed by atoms with Crippen molar-refractivity contribution in [2.24, 2.45) is 0 Å². The van der Waals surface area contributed by atoms with Crippen LogP contribution in [0.5, 0.6) is 0 Å². The van der Waals surface area contributed by atoms with Crippen molar-refractivity contribution in [3.05, 3.63) is 41.5 Å². The highest BCUT2D eigenvalue weighted by Crippen LogP contribution is 2.22. The average Bonchev–Trinajstić information content (AvgIpc) is 2.32. The summed E-state index contributed by atoms with van der Waals surface area (Å²) in [5.41, 5.74) is 7.37. The molecule has 100 valence electrons. The van der Waals surface area contributed by atoms with Crippen molar-refractivity contribution in [1.29, 1.82) is 0 Å². The fraction of sp³-hybridized carbons (Fsp3) is 0.286. The fourth-order valence-corrected chi connectivity index (χ4v) is 1.71. The Balaban J connectivity index is 2.32. The highest BCUT2D eigenvalue weighted by Gasteiger charge is 2.08. The van der Waals surface area contributed by atoms with Crippen molar-refractivity contribution in [2.45, 2.75) is 26.7 Å². The lowest BCUT2D eigenvalue weighted by atomic mass is 10.2. The monoisotopic (exact) mass is 260 g/mol. The van der Waals surface area contributed by atoms with Crippen molar-refractivity contribution < 1.29 is 4.39 Å². The SMILES string of the molecule is Cc1cc(F)ccc1Nc1cc(N)nc(C(C)C)n1. The van der Waals surface area contributed by atoms with E-state index in [1.165, 1.54) is 12.1 Å². The summed E-state index contributed by atoms with van der Waals surface area (Å²) in [5, 5.41) is 3.14. The van der Waals surface area contributed by atoms with E-state index >= 15 is 0 Å². The number of nitrogens with one attached hydrogen (secondary N) is 1. The lowest BCUT2D eigenvalue weighted by Crippen LogP contribution is -2.05. The minimum Gasteiger partial charge on any atom is -0.384 e. The molecular weight excluding hydrogens is 243 g/mol. The topological polar surface area (TPSA) is 63.8 Å². The zero-order chi connectivity index (χ0) is 14.0. The first-order chi connectivity index (χ1) is 8.95. The van der Waals surface area contributed by atoms with E-state index in [4.69, 9.17) is 5.73 Å². The molecule has 0 aliphatic heterocycles. The van der Waals surface area contributed by atoms with Crippen LogP contribution < -0.4 is 11.1 Å². The Hall–Kier alpha value is -2.17. The van der Waals surface area contributed by atoms with E-state index in [9.17, 15) is 4.39 Å². The molecule has 5 heteroatoms. The number of nitrogen functional groups attached to an aromatic ring is 1. The zero-order valence-electron chi connectivity index (χ0n) is 11.2. The molecule has 1 aromatic carbocycles. The Kier molecular flexibility index (Phi) is 3.64. The fourth-order valence-electron chi connectivity index (χ4n) is 1.71. The molecule has 2 aromatic rings. The standard InChI is InChI=1S/C14H17FN4/c1-8(2)14-18-12(16)7-13(19-14)17-11-5-4-10(15)6-9(11)3/h4-8H,1-3H3,(H3,16,17,18,19). The number of nitrogens with two attached hydrogens (primary N) is 1. The molecule has 0 radical (unpaired) electrons. The highest BCUT2D eigenvalue weighted by atomic mass is 19.1. The zero-order valence-corrected chi connectivity index (χ0v) is 11.2. The van der Waals surface area contributed by atoms with Crippen molar-refractivity contribution in [3.8, 4) is 0 Å². The van der Waals surface area contributed by atoms with Crippen LogP contribution in [-0.4, -0.2) is 9.97 Å². The second-order valence-electron chi connectivity index (χ2n) is 4.78. The maximum absolute atomic E-state index is 13.0. The summed E-state index contributed by atoms with van der Waals surface area (Å²) in [5.74, 6) is 1.65. The third-order valence-corrected chi connectivity index (χ3v) is 2.73. The van der Waals surface area contributed by atoms with Gasteiger partial charge >= 0.3 is 0 Å². The molecule has 2 rings (SSSR count).